The second kappa shape index (κ2) is 7.53. The summed E-state index contributed by atoms with van der Waals surface area (Å²) in [6, 6.07) is 15.6. The molecule has 1 heterocycles. The Kier molecular flexibility index (Phi) is 5.20. The standard InChI is InChI=1S/C17H16ClN3OS/c1-2-22-15-10-6-4-8-13(15)16-19-17(21-20-16)23-11-12-7-3-5-9-14(12)18/h3-10H,2,11H2,1H3,(H,19,20,21). The van der Waals surface area contributed by atoms with Crippen molar-refractivity contribution in [2.45, 2.75) is 17.8 Å². The molecular formula is C17H16ClN3OS. The van der Waals surface area contributed by atoms with Crippen molar-refractivity contribution in [2.24, 2.45) is 0 Å². The lowest BCUT2D eigenvalue weighted by Crippen LogP contribution is -1.94. The van der Waals surface area contributed by atoms with Crippen molar-refractivity contribution in [2.75, 3.05) is 6.61 Å². The third-order valence-electron chi connectivity index (χ3n) is 3.22. The number of aromatic amines is 1. The highest BCUT2D eigenvalue weighted by molar-refractivity contribution is 7.98. The van der Waals surface area contributed by atoms with Gasteiger partial charge in [0, 0.05) is 10.8 Å². The van der Waals surface area contributed by atoms with Crippen molar-refractivity contribution in [3.8, 4) is 17.1 Å². The number of benzene rings is 2. The third-order valence-corrected chi connectivity index (χ3v) is 4.49. The fourth-order valence-corrected chi connectivity index (χ4v) is 3.22. The van der Waals surface area contributed by atoms with Gasteiger partial charge < -0.3 is 4.74 Å². The van der Waals surface area contributed by atoms with Crippen molar-refractivity contribution in [3.63, 3.8) is 0 Å². The molecule has 1 N–H and O–H groups in total. The van der Waals surface area contributed by atoms with E-state index in [4.69, 9.17) is 16.3 Å². The predicted molar refractivity (Wildman–Crippen MR) is 94.0 cm³/mol. The maximum absolute atomic E-state index is 6.17. The smallest absolute Gasteiger partial charge is 0.209 e. The maximum Gasteiger partial charge on any atom is 0.209 e. The van der Waals surface area contributed by atoms with Crippen molar-refractivity contribution < 1.29 is 4.74 Å². The Morgan fingerprint density at radius 1 is 1.13 bits per heavy atom. The lowest BCUT2D eigenvalue weighted by Gasteiger charge is -2.06. The summed E-state index contributed by atoms with van der Waals surface area (Å²) in [4.78, 5) is 4.54. The minimum Gasteiger partial charge on any atom is -0.493 e. The number of ether oxygens (including phenoxy) is 1. The number of aromatic nitrogens is 3. The van der Waals surface area contributed by atoms with Crippen LogP contribution in [0.15, 0.2) is 53.7 Å². The molecule has 0 aliphatic carbocycles. The molecule has 4 nitrogen and oxygen atoms in total. The van der Waals surface area contributed by atoms with Gasteiger partial charge in [-0.15, -0.1) is 5.10 Å². The van der Waals surface area contributed by atoms with Gasteiger partial charge in [-0.1, -0.05) is 53.7 Å². The molecule has 0 aliphatic rings. The molecule has 23 heavy (non-hydrogen) atoms. The number of H-pyrrole nitrogens is 1. The average Bonchev–Trinajstić information content (AvgIpc) is 3.04. The normalized spacial score (nSPS) is 10.7. The van der Waals surface area contributed by atoms with E-state index in [-0.39, 0.29) is 0 Å². The zero-order valence-corrected chi connectivity index (χ0v) is 14.2. The first kappa shape index (κ1) is 15.9. The molecule has 0 saturated carbocycles. The summed E-state index contributed by atoms with van der Waals surface area (Å²) in [5.41, 5.74) is 1.98. The number of nitrogens with one attached hydrogen (secondary N) is 1. The number of hydrogen-bond donors (Lipinski definition) is 1. The zero-order valence-electron chi connectivity index (χ0n) is 12.6. The van der Waals surface area contributed by atoms with Crippen molar-refractivity contribution >= 4 is 23.4 Å². The molecule has 0 fully saturated rings. The van der Waals surface area contributed by atoms with Gasteiger partial charge in [0.15, 0.2) is 5.82 Å². The molecular weight excluding hydrogens is 330 g/mol. The number of halogens is 1. The molecule has 0 unspecified atom stereocenters. The van der Waals surface area contributed by atoms with Gasteiger partial charge in [-0.05, 0) is 30.7 Å². The Balaban J connectivity index is 1.75. The molecule has 1 aromatic heterocycles. The highest BCUT2D eigenvalue weighted by Gasteiger charge is 2.11. The lowest BCUT2D eigenvalue weighted by molar-refractivity contribution is 0.341. The number of hydrogen-bond acceptors (Lipinski definition) is 4. The summed E-state index contributed by atoms with van der Waals surface area (Å²) in [5.74, 6) is 2.23. The summed E-state index contributed by atoms with van der Waals surface area (Å²) >= 11 is 7.71. The van der Waals surface area contributed by atoms with Crippen molar-refractivity contribution in [1.29, 1.82) is 0 Å². The summed E-state index contributed by atoms with van der Waals surface area (Å²) in [5, 5.41) is 8.69. The van der Waals surface area contributed by atoms with Crippen LogP contribution >= 0.6 is 23.4 Å². The van der Waals surface area contributed by atoms with E-state index in [1.807, 2.05) is 55.5 Å². The summed E-state index contributed by atoms with van der Waals surface area (Å²) in [6.07, 6.45) is 0. The van der Waals surface area contributed by atoms with Crippen LogP contribution < -0.4 is 4.74 Å². The molecule has 118 valence electrons. The number of nitrogens with zero attached hydrogens (tertiary/aromatic N) is 2. The second-order valence-corrected chi connectivity index (χ2v) is 6.13. The van der Waals surface area contributed by atoms with Gasteiger partial charge in [-0.2, -0.15) is 0 Å². The Morgan fingerprint density at radius 3 is 2.74 bits per heavy atom. The van der Waals surface area contributed by atoms with E-state index in [2.05, 4.69) is 15.2 Å². The summed E-state index contributed by atoms with van der Waals surface area (Å²) in [7, 11) is 0. The fourth-order valence-electron chi connectivity index (χ4n) is 2.13. The minimum atomic E-state index is 0.610. The van der Waals surface area contributed by atoms with E-state index in [0.717, 1.165) is 27.7 Å². The van der Waals surface area contributed by atoms with Crippen molar-refractivity contribution in [3.05, 3.63) is 59.1 Å². The number of para-hydroxylation sites is 1. The molecule has 0 amide bonds. The molecule has 6 heteroatoms. The maximum atomic E-state index is 6.17. The van der Waals surface area contributed by atoms with Crippen LogP contribution in [0.2, 0.25) is 5.02 Å². The topological polar surface area (TPSA) is 50.8 Å². The van der Waals surface area contributed by atoms with Crippen LogP contribution in [0.5, 0.6) is 5.75 Å². The second-order valence-electron chi connectivity index (χ2n) is 4.78. The van der Waals surface area contributed by atoms with E-state index in [1.165, 1.54) is 0 Å². The Labute approximate surface area is 144 Å². The van der Waals surface area contributed by atoms with Crippen molar-refractivity contribution in [1.82, 2.24) is 15.2 Å². The lowest BCUT2D eigenvalue weighted by atomic mass is 10.2. The van der Waals surface area contributed by atoms with Gasteiger partial charge in [-0.25, -0.2) is 4.98 Å². The van der Waals surface area contributed by atoms with E-state index in [1.54, 1.807) is 11.8 Å². The summed E-state index contributed by atoms with van der Waals surface area (Å²) < 4.78 is 5.63. The monoisotopic (exact) mass is 345 g/mol. The Bertz CT molecular complexity index is 791. The van der Waals surface area contributed by atoms with Crippen LogP contribution in [-0.2, 0) is 5.75 Å². The van der Waals surface area contributed by atoms with Crippen LogP contribution in [0.1, 0.15) is 12.5 Å². The van der Waals surface area contributed by atoms with E-state index in [0.29, 0.717) is 17.6 Å². The van der Waals surface area contributed by atoms with E-state index < -0.39 is 0 Å². The predicted octanol–water partition coefficient (Wildman–Crippen LogP) is 4.82. The Morgan fingerprint density at radius 2 is 1.91 bits per heavy atom. The highest BCUT2D eigenvalue weighted by Crippen LogP contribution is 2.29. The minimum absolute atomic E-state index is 0.610. The zero-order chi connectivity index (χ0) is 16.1. The fraction of sp³-hybridized carbons (Fsp3) is 0.176. The molecule has 3 aromatic rings. The van der Waals surface area contributed by atoms with Crippen LogP contribution in [-0.4, -0.2) is 21.8 Å². The van der Waals surface area contributed by atoms with Gasteiger partial charge in [0.1, 0.15) is 5.75 Å². The molecule has 0 saturated heterocycles. The van der Waals surface area contributed by atoms with Crippen LogP contribution in [0.4, 0.5) is 0 Å². The molecule has 0 aliphatic heterocycles. The number of rotatable bonds is 6. The van der Waals surface area contributed by atoms with Crippen LogP contribution in [0, 0.1) is 0 Å². The van der Waals surface area contributed by atoms with E-state index in [9.17, 15) is 0 Å². The largest absolute Gasteiger partial charge is 0.493 e. The molecule has 3 rings (SSSR count). The van der Waals surface area contributed by atoms with Gasteiger partial charge >= 0.3 is 0 Å². The van der Waals surface area contributed by atoms with Gasteiger partial charge in [0.2, 0.25) is 5.16 Å². The molecule has 0 atom stereocenters. The molecule has 0 spiro atoms. The molecule has 0 bridgehead atoms. The summed E-state index contributed by atoms with van der Waals surface area (Å²) in [6.45, 7) is 2.57. The van der Waals surface area contributed by atoms with Gasteiger partial charge in [-0.3, -0.25) is 5.10 Å². The van der Waals surface area contributed by atoms with E-state index >= 15 is 0 Å². The van der Waals surface area contributed by atoms with Crippen LogP contribution in [0.3, 0.4) is 0 Å². The first-order valence-corrected chi connectivity index (χ1v) is 8.65. The molecule has 2 aromatic carbocycles. The first-order chi connectivity index (χ1) is 11.3. The highest BCUT2D eigenvalue weighted by atomic mass is 35.5. The van der Waals surface area contributed by atoms with Gasteiger partial charge in [0.05, 0.1) is 12.2 Å². The third kappa shape index (κ3) is 3.86. The van der Waals surface area contributed by atoms with Crippen LogP contribution in [0.25, 0.3) is 11.4 Å². The SMILES string of the molecule is CCOc1ccccc1-c1nc(SCc2ccccc2Cl)n[nH]1. The first-order valence-electron chi connectivity index (χ1n) is 7.28. The Hall–Kier alpha value is -1.98. The average molecular weight is 346 g/mol. The quantitative estimate of drug-likeness (QED) is 0.651. The number of thioether (sulfide) groups is 1. The van der Waals surface area contributed by atoms with Gasteiger partial charge in [0.25, 0.3) is 0 Å². The molecule has 0 radical (unpaired) electrons.